The summed E-state index contributed by atoms with van der Waals surface area (Å²) in [5, 5.41) is 0. The fourth-order valence-electron chi connectivity index (χ4n) is 1.43. The molecule has 1 nitrogen and oxygen atoms in total. The Hall–Kier alpha value is -1.37. The topological polar surface area (TPSA) is 12.4 Å². The molecule has 0 aliphatic rings. The van der Waals surface area contributed by atoms with Crippen LogP contribution in [0.3, 0.4) is 0 Å². The zero-order chi connectivity index (χ0) is 11.3. The molecule has 1 unspecified atom stereocenters. The van der Waals surface area contributed by atoms with Crippen LogP contribution in [0.2, 0.25) is 0 Å². The van der Waals surface area contributed by atoms with E-state index in [4.69, 9.17) is 0 Å². The summed E-state index contributed by atoms with van der Waals surface area (Å²) in [6.45, 7) is 8.24. The zero-order valence-electron chi connectivity index (χ0n) is 9.83. The van der Waals surface area contributed by atoms with Crippen LogP contribution < -0.4 is 0 Å². The van der Waals surface area contributed by atoms with Gasteiger partial charge in [-0.3, -0.25) is 4.99 Å². The van der Waals surface area contributed by atoms with Crippen molar-refractivity contribution in [1.29, 1.82) is 0 Å². The van der Waals surface area contributed by atoms with E-state index in [1.807, 2.05) is 25.2 Å². The Kier molecular flexibility index (Phi) is 4.29. The van der Waals surface area contributed by atoms with Gasteiger partial charge in [0.1, 0.15) is 0 Å². The second-order valence-corrected chi connectivity index (χ2v) is 3.99. The van der Waals surface area contributed by atoms with Crippen molar-refractivity contribution in [2.45, 2.75) is 20.3 Å². The van der Waals surface area contributed by atoms with Gasteiger partial charge in [-0.05, 0) is 24.8 Å². The Bertz CT molecular complexity index is 349. The highest BCUT2D eigenvalue weighted by Crippen LogP contribution is 2.16. The van der Waals surface area contributed by atoms with Crippen LogP contribution in [0.15, 0.2) is 47.5 Å². The lowest BCUT2D eigenvalue weighted by Crippen LogP contribution is -2.07. The minimum absolute atomic E-state index is 0.490. The van der Waals surface area contributed by atoms with Gasteiger partial charge in [-0.15, -0.1) is 0 Å². The summed E-state index contributed by atoms with van der Waals surface area (Å²) in [6, 6.07) is 10.3. The molecule has 1 atom stereocenters. The second kappa shape index (κ2) is 5.50. The molecule has 0 saturated heterocycles. The standard InChI is InChI=1S/C14H19N/c1-11(2)12(3)10-14(15-4)13-8-6-5-7-9-13/h5-9,12H,1,10H2,2-4H3. The van der Waals surface area contributed by atoms with Crippen LogP contribution in [0.4, 0.5) is 0 Å². The van der Waals surface area contributed by atoms with E-state index in [1.165, 1.54) is 11.1 Å². The molecule has 0 bridgehead atoms. The highest BCUT2D eigenvalue weighted by atomic mass is 14.7. The number of rotatable bonds is 4. The molecule has 0 spiro atoms. The van der Waals surface area contributed by atoms with E-state index in [1.54, 1.807) is 0 Å². The summed E-state index contributed by atoms with van der Waals surface area (Å²) in [5.74, 6) is 0.490. The zero-order valence-corrected chi connectivity index (χ0v) is 9.83. The first-order valence-electron chi connectivity index (χ1n) is 5.31. The van der Waals surface area contributed by atoms with Gasteiger partial charge in [-0.1, -0.05) is 49.4 Å². The van der Waals surface area contributed by atoms with E-state index in [2.05, 4.69) is 37.6 Å². The molecule has 1 aromatic rings. The van der Waals surface area contributed by atoms with Crippen LogP contribution >= 0.6 is 0 Å². The predicted molar refractivity (Wildman–Crippen MR) is 67.5 cm³/mol. The number of allylic oxidation sites excluding steroid dienone is 1. The van der Waals surface area contributed by atoms with Gasteiger partial charge in [0.2, 0.25) is 0 Å². The molecular weight excluding hydrogens is 182 g/mol. The molecule has 1 heteroatoms. The second-order valence-electron chi connectivity index (χ2n) is 3.99. The Balaban J connectivity index is 2.79. The SMILES string of the molecule is C=C(C)C(C)CC(=NC)c1ccccc1. The van der Waals surface area contributed by atoms with Crippen LogP contribution in [0.25, 0.3) is 0 Å². The molecule has 0 fully saturated rings. The lowest BCUT2D eigenvalue weighted by molar-refractivity contribution is 0.718. The molecular formula is C14H19N. The average molecular weight is 201 g/mol. The molecule has 1 rings (SSSR count). The Labute approximate surface area is 92.6 Å². The largest absolute Gasteiger partial charge is 0.292 e. The predicted octanol–water partition coefficient (Wildman–Crippen LogP) is 3.71. The van der Waals surface area contributed by atoms with E-state index in [9.17, 15) is 0 Å². The Morgan fingerprint density at radius 1 is 1.33 bits per heavy atom. The van der Waals surface area contributed by atoms with Crippen molar-refractivity contribution in [3.05, 3.63) is 48.0 Å². The molecule has 0 aliphatic heterocycles. The van der Waals surface area contributed by atoms with Gasteiger partial charge in [-0.2, -0.15) is 0 Å². The van der Waals surface area contributed by atoms with Crippen LogP contribution in [-0.4, -0.2) is 12.8 Å². The summed E-state index contributed by atoms with van der Waals surface area (Å²) in [4.78, 5) is 4.36. The van der Waals surface area contributed by atoms with Gasteiger partial charge in [0, 0.05) is 12.8 Å². The quantitative estimate of drug-likeness (QED) is 0.520. The third-order valence-electron chi connectivity index (χ3n) is 2.72. The molecule has 0 radical (unpaired) electrons. The molecule has 1 aromatic carbocycles. The Morgan fingerprint density at radius 3 is 2.40 bits per heavy atom. The first-order valence-corrected chi connectivity index (χ1v) is 5.31. The van der Waals surface area contributed by atoms with Gasteiger partial charge in [0.25, 0.3) is 0 Å². The number of benzene rings is 1. The number of hydrogen-bond donors (Lipinski definition) is 0. The van der Waals surface area contributed by atoms with Gasteiger partial charge in [0.15, 0.2) is 0 Å². The highest BCUT2D eigenvalue weighted by Gasteiger charge is 2.08. The van der Waals surface area contributed by atoms with Crippen molar-refractivity contribution >= 4 is 5.71 Å². The van der Waals surface area contributed by atoms with Gasteiger partial charge in [-0.25, -0.2) is 0 Å². The molecule has 0 heterocycles. The first kappa shape index (κ1) is 11.7. The van der Waals surface area contributed by atoms with Crippen molar-refractivity contribution in [2.75, 3.05) is 7.05 Å². The number of nitrogens with zero attached hydrogens (tertiary/aromatic N) is 1. The van der Waals surface area contributed by atoms with E-state index in [-0.39, 0.29) is 0 Å². The first-order chi connectivity index (χ1) is 7.15. The molecule has 80 valence electrons. The maximum Gasteiger partial charge on any atom is 0.0422 e. The lowest BCUT2D eigenvalue weighted by Gasteiger charge is -2.13. The van der Waals surface area contributed by atoms with Crippen molar-refractivity contribution in [3.8, 4) is 0 Å². The number of hydrogen-bond acceptors (Lipinski definition) is 1. The van der Waals surface area contributed by atoms with Crippen molar-refractivity contribution in [1.82, 2.24) is 0 Å². The van der Waals surface area contributed by atoms with Crippen LogP contribution in [0, 0.1) is 5.92 Å². The monoisotopic (exact) mass is 201 g/mol. The molecule has 0 saturated carbocycles. The molecule has 15 heavy (non-hydrogen) atoms. The van der Waals surface area contributed by atoms with Crippen LogP contribution in [-0.2, 0) is 0 Å². The third kappa shape index (κ3) is 3.35. The van der Waals surface area contributed by atoms with Gasteiger partial charge < -0.3 is 0 Å². The third-order valence-corrected chi connectivity index (χ3v) is 2.72. The Morgan fingerprint density at radius 2 is 1.93 bits per heavy atom. The van der Waals surface area contributed by atoms with E-state index >= 15 is 0 Å². The summed E-state index contributed by atoms with van der Waals surface area (Å²) in [5.41, 5.74) is 3.59. The number of aliphatic imine (C=N–C) groups is 1. The van der Waals surface area contributed by atoms with E-state index < -0.39 is 0 Å². The van der Waals surface area contributed by atoms with Crippen LogP contribution in [0.1, 0.15) is 25.8 Å². The van der Waals surface area contributed by atoms with Crippen molar-refractivity contribution in [3.63, 3.8) is 0 Å². The fourth-order valence-corrected chi connectivity index (χ4v) is 1.43. The maximum atomic E-state index is 4.36. The maximum absolute atomic E-state index is 4.36. The smallest absolute Gasteiger partial charge is 0.0422 e. The summed E-state index contributed by atoms with van der Waals surface area (Å²) in [6.07, 6.45) is 0.968. The fraction of sp³-hybridized carbons (Fsp3) is 0.357. The molecule has 0 amide bonds. The van der Waals surface area contributed by atoms with E-state index in [0.29, 0.717) is 5.92 Å². The van der Waals surface area contributed by atoms with Crippen molar-refractivity contribution in [2.24, 2.45) is 10.9 Å². The minimum atomic E-state index is 0.490. The van der Waals surface area contributed by atoms with Crippen LogP contribution in [0.5, 0.6) is 0 Å². The van der Waals surface area contributed by atoms with Gasteiger partial charge >= 0.3 is 0 Å². The summed E-state index contributed by atoms with van der Waals surface area (Å²) >= 11 is 0. The lowest BCUT2D eigenvalue weighted by atomic mass is 9.94. The van der Waals surface area contributed by atoms with E-state index in [0.717, 1.165) is 12.1 Å². The molecule has 0 aliphatic carbocycles. The minimum Gasteiger partial charge on any atom is -0.292 e. The summed E-state index contributed by atoms with van der Waals surface area (Å²) < 4.78 is 0. The normalized spacial score (nSPS) is 13.7. The highest BCUT2D eigenvalue weighted by molar-refractivity contribution is 6.00. The molecule has 0 aromatic heterocycles. The van der Waals surface area contributed by atoms with Gasteiger partial charge in [0.05, 0.1) is 0 Å². The molecule has 0 N–H and O–H groups in total. The van der Waals surface area contributed by atoms with Crippen molar-refractivity contribution < 1.29 is 0 Å². The summed E-state index contributed by atoms with van der Waals surface area (Å²) in [7, 11) is 1.85. The average Bonchev–Trinajstić information content (AvgIpc) is 2.26.